The Morgan fingerprint density at radius 2 is 1.66 bits per heavy atom. The van der Waals surface area contributed by atoms with Gasteiger partial charge in [0.15, 0.2) is 0 Å². The van der Waals surface area contributed by atoms with Gasteiger partial charge in [0.2, 0.25) is 11.8 Å². The zero-order valence-electron chi connectivity index (χ0n) is 22.8. The lowest BCUT2D eigenvalue weighted by Crippen LogP contribution is -2.42. The molecule has 2 heterocycles. The molecule has 6 nitrogen and oxygen atoms in total. The summed E-state index contributed by atoms with van der Waals surface area (Å²) in [5, 5.41) is 8.02. The van der Waals surface area contributed by atoms with Crippen molar-refractivity contribution in [2.75, 3.05) is 17.2 Å². The lowest BCUT2D eigenvalue weighted by Gasteiger charge is -2.25. The second-order valence-electron chi connectivity index (χ2n) is 10.8. The monoisotopic (exact) mass is 594 g/mol. The topological polar surface area (TPSA) is 67.2 Å². The van der Waals surface area contributed by atoms with Gasteiger partial charge in [-0.3, -0.25) is 14.5 Å². The number of rotatable bonds is 6. The first-order valence-electron chi connectivity index (χ1n) is 13.1. The number of amides is 2. The molecule has 4 aromatic rings. The van der Waals surface area contributed by atoms with Gasteiger partial charge >= 0.3 is 0 Å². The van der Waals surface area contributed by atoms with E-state index in [0.29, 0.717) is 16.5 Å². The van der Waals surface area contributed by atoms with Crippen LogP contribution in [0.1, 0.15) is 48.4 Å². The minimum atomic E-state index is -0.445. The van der Waals surface area contributed by atoms with Crippen molar-refractivity contribution in [1.29, 1.82) is 0 Å². The van der Waals surface area contributed by atoms with E-state index in [4.69, 9.17) is 16.7 Å². The van der Waals surface area contributed by atoms with Gasteiger partial charge in [-0.1, -0.05) is 62.7 Å². The molecule has 0 aliphatic carbocycles. The number of carbonyl (C=O) groups is 2. The molecule has 10 heteroatoms. The number of hydrogen-bond acceptors (Lipinski definition) is 4. The lowest BCUT2D eigenvalue weighted by atomic mass is 9.87. The van der Waals surface area contributed by atoms with Crippen molar-refractivity contribution in [3.8, 4) is 5.69 Å². The number of fused-ring (bicyclic) bond motifs is 1. The maximum absolute atomic E-state index is 13.9. The Morgan fingerprint density at radius 3 is 2.29 bits per heavy atom. The predicted octanol–water partition coefficient (Wildman–Crippen LogP) is 6.59. The largest absolute Gasteiger partial charge is 0.350 e. The highest BCUT2D eigenvalue weighted by Crippen LogP contribution is 2.49. The van der Waals surface area contributed by atoms with Crippen molar-refractivity contribution in [3.05, 3.63) is 112 Å². The van der Waals surface area contributed by atoms with Crippen LogP contribution < -0.4 is 10.2 Å². The van der Waals surface area contributed by atoms with Crippen LogP contribution in [0.15, 0.2) is 72.8 Å². The molecule has 3 aromatic carbocycles. The number of halogens is 3. The molecule has 212 valence electrons. The summed E-state index contributed by atoms with van der Waals surface area (Å²) in [6, 6.07) is 19.2. The molecule has 41 heavy (non-hydrogen) atoms. The number of nitrogens with one attached hydrogen (secondary N) is 1. The van der Waals surface area contributed by atoms with Crippen molar-refractivity contribution in [2.24, 2.45) is 0 Å². The first-order chi connectivity index (χ1) is 19.5. The Kier molecular flexibility index (Phi) is 8.20. The zero-order valence-corrected chi connectivity index (χ0v) is 24.4. The van der Waals surface area contributed by atoms with E-state index < -0.39 is 11.2 Å². The minimum Gasteiger partial charge on any atom is -0.350 e. The standard InChI is InChI=1S/C31H29ClF2N4O2S/c1-31(2,3)29-27-28(23-6-4-5-7-24(23)32)41-18-26(40)37(17-25(39)35-16-19-8-10-20(33)11-9-19)30(27)38(36-29)22-14-12-21(34)13-15-22/h4-15,28H,16-18H2,1-3H3,(H,35,39)/t28-/m0/s1. The quantitative estimate of drug-likeness (QED) is 0.274. The Bertz CT molecular complexity index is 1580. The van der Waals surface area contributed by atoms with Gasteiger partial charge in [-0.2, -0.15) is 5.10 Å². The number of benzene rings is 3. The molecule has 2 amide bonds. The third-order valence-electron chi connectivity index (χ3n) is 6.76. The van der Waals surface area contributed by atoms with E-state index in [1.807, 2.05) is 45.0 Å². The normalized spacial score (nSPS) is 15.4. The van der Waals surface area contributed by atoms with E-state index in [0.717, 1.165) is 22.4 Å². The summed E-state index contributed by atoms with van der Waals surface area (Å²) in [5.74, 6) is -0.885. The van der Waals surface area contributed by atoms with Crippen molar-refractivity contribution in [3.63, 3.8) is 0 Å². The van der Waals surface area contributed by atoms with Gasteiger partial charge in [0.25, 0.3) is 0 Å². The average Bonchev–Trinajstić information content (AvgIpc) is 3.27. The minimum absolute atomic E-state index is 0.100. The van der Waals surface area contributed by atoms with Crippen molar-refractivity contribution >= 4 is 41.0 Å². The Balaban J connectivity index is 1.64. The van der Waals surface area contributed by atoms with Crippen LogP contribution in [0.3, 0.4) is 0 Å². The van der Waals surface area contributed by atoms with E-state index in [9.17, 15) is 18.4 Å². The van der Waals surface area contributed by atoms with Gasteiger partial charge in [-0.15, -0.1) is 11.8 Å². The van der Waals surface area contributed by atoms with Crippen LogP contribution in [0.5, 0.6) is 0 Å². The fraction of sp³-hybridized carbons (Fsp3) is 0.258. The molecule has 0 radical (unpaired) electrons. The van der Waals surface area contributed by atoms with Crippen LogP contribution in [-0.2, 0) is 21.5 Å². The SMILES string of the molecule is CC(C)(C)c1nn(-c2ccc(F)cc2)c2c1[C@H](c1ccccc1Cl)SCC(=O)N2CC(=O)NCc1ccc(F)cc1. The Morgan fingerprint density at radius 1 is 1.02 bits per heavy atom. The number of nitrogens with zero attached hydrogens (tertiary/aromatic N) is 3. The predicted molar refractivity (Wildman–Crippen MR) is 159 cm³/mol. The lowest BCUT2D eigenvalue weighted by molar-refractivity contribution is -0.123. The Labute approximate surface area is 246 Å². The summed E-state index contributed by atoms with van der Waals surface area (Å²) >= 11 is 8.11. The molecule has 1 aliphatic heterocycles. The van der Waals surface area contributed by atoms with Crippen LogP contribution in [-0.4, -0.2) is 33.9 Å². The summed E-state index contributed by atoms with van der Waals surface area (Å²) in [7, 11) is 0. The molecular formula is C31H29ClF2N4O2S. The second kappa shape index (κ2) is 11.7. The van der Waals surface area contributed by atoms with Crippen LogP contribution in [0.2, 0.25) is 5.02 Å². The highest BCUT2D eigenvalue weighted by molar-refractivity contribution is 8.00. The molecule has 0 saturated carbocycles. The molecule has 5 rings (SSSR count). The van der Waals surface area contributed by atoms with E-state index in [-0.39, 0.29) is 41.7 Å². The fourth-order valence-corrected chi connectivity index (χ4v) is 6.31. The smallest absolute Gasteiger partial charge is 0.240 e. The Hall–Kier alpha value is -3.69. The summed E-state index contributed by atoms with van der Waals surface area (Å²) in [5.41, 5.74) is 3.17. The highest BCUT2D eigenvalue weighted by Gasteiger charge is 2.40. The average molecular weight is 595 g/mol. The molecule has 0 saturated heterocycles. The van der Waals surface area contributed by atoms with Crippen LogP contribution in [0.25, 0.3) is 5.69 Å². The maximum Gasteiger partial charge on any atom is 0.240 e. The summed E-state index contributed by atoms with van der Waals surface area (Å²) in [6.45, 7) is 6.01. The molecule has 1 N–H and O–H groups in total. The molecule has 1 aromatic heterocycles. The van der Waals surface area contributed by atoms with Gasteiger partial charge in [0.05, 0.1) is 22.4 Å². The summed E-state index contributed by atoms with van der Waals surface area (Å²) in [6.07, 6.45) is 0. The van der Waals surface area contributed by atoms with Crippen molar-refractivity contribution in [1.82, 2.24) is 15.1 Å². The van der Waals surface area contributed by atoms with Gasteiger partial charge in [-0.05, 0) is 53.6 Å². The second-order valence-corrected chi connectivity index (χ2v) is 12.3. The maximum atomic E-state index is 13.9. The molecule has 0 spiro atoms. The number of carbonyl (C=O) groups excluding carboxylic acids is 2. The van der Waals surface area contributed by atoms with E-state index in [2.05, 4.69) is 5.32 Å². The van der Waals surface area contributed by atoms with Crippen LogP contribution in [0, 0.1) is 11.6 Å². The third-order valence-corrected chi connectivity index (χ3v) is 8.34. The molecular weight excluding hydrogens is 566 g/mol. The first kappa shape index (κ1) is 28.8. The summed E-state index contributed by atoms with van der Waals surface area (Å²) in [4.78, 5) is 28.4. The van der Waals surface area contributed by atoms with Crippen molar-refractivity contribution < 1.29 is 18.4 Å². The fourth-order valence-electron chi connectivity index (χ4n) is 4.77. The molecule has 1 aliphatic rings. The first-order valence-corrected chi connectivity index (χ1v) is 14.5. The highest BCUT2D eigenvalue weighted by atomic mass is 35.5. The van der Waals surface area contributed by atoms with E-state index in [1.54, 1.807) is 28.9 Å². The number of thioether (sulfide) groups is 1. The van der Waals surface area contributed by atoms with E-state index in [1.165, 1.54) is 40.9 Å². The molecule has 0 bridgehead atoms. The van der Waals surface area contributed by atoms with Crippen LogP contribution in [0.4, 0.5) is 14.6 Å². The van der Waals surface area contributed by atoms with E-state index >= 15 is 0 Å². The number of aromatic nitrogens is 2. The summed E-state index contributed by atoms with van der Waals surface area (Å²) < 4.78 is 28.8. The van der Waals surface area contributed by atoms with Crippen LogP contribution >= 0.6 is 23.4 Å². The zero-order chi connectivity index (χ0) is 29.3. The van der Waals surface area contributed by atoms with Gasteiger partial charge < -0.3 is 5.32 Å². The van der Waals surface area contributed by atoms with Crippen molar-refractivity contribution in [2.45, 2.75) is 38.0 Å². The third kappa shape index (κ3) is 6.16. The van der Waals surface area contributed by atoms with Gasteiger partial charge in [0.1, 0.15) is 24.0 Å². The number of anilines is 1. The number of hydrogen-bond donors (Lipinski definition) is 1. The molecule has 0 fully saturated rings. The van der Waals surface area contributed by atoms with Gasteiger partial charge in [0, 0.05) is 22.5 Å². The van der Waals surface area contributed by atoms with Gasteiger partial charge in [-0.25, -0.2) is 13.5 Å². The molecule has 0 unspecified atom stereocenters. The molecule has 1 atom stereocenters.